The van der Waals surface area contributed by atoms with Crippen molar-refractivity contribution in [1.29, 1.82) is 0 Å². The fourth-order valence-corrected chi connectivity index (χ4v) is 1.09. The zero-order valence-electron chi connectivity index (χ0n) is 9.50. The second-order valence-corrected chi connectivity index (χ2v) is 3.29. The van der Waals surface area contributed by atoms with E-state index in [0.717, 1.165) is 11.6 Å². The zero-order chi connectivity index (χ0) is 10.6. The van der Waals surface area contributed by atoms with E-state index in [2.05, 4.69) is 6.92 Å². The van der Waals surface area contributed by atoms with E-state index in [1.54, 1.807) is 7.11 Å². The fraction of sp³-hybridized carbons (Fsp3) is 0.500. The SMILES string of the molecule is CCCCCCl.COc1ccccc1.S. The van der Waals surface area contributed by atoms with E-state index in [1.165, 1.54) is 19.3 Å². The maximum Gasteiger partial charge on any atom is 0.118 e. The van der Waals surface area contributed by atoms with Crippen LogP contribution in [0, 0.1) is 0 Å². The summed E-state index contributed by atoms with van der Waals surface area (Å²) in [5.74, 6) is 1.74. The van der Waals surface area contributed by atoms with Crippen LogP contribution in [0.2, 0.25) is 0 Å². The molecule has 1 rings (SSSR count). The van der Waals surface area contributed by atoms with Gasteiger partial charge in [0.2, 0.25) is 0 Å². The lowest BCUT2D eigenvalue weighted by Gasteiger charge is -1.93. The third-order valence-corrected chi connectivity index (χ3v) is 1.98. The average Bonchev–Trinajstić information content (AvgIpc) is 2.28. The van der Waals surface area contributed by atoms with Crippen molar-refractivity contribution in [2.45, 2.75) is 26.2 Å². The second-order valence-electron chi connectivity index (χ2n) is 2.91. The van der Waals surface area contributed by atoms with Gasteiger partial charge in [-0.1, -0.05) is 38.0 Å². The van der Waals surface area contributed by atoms with E-state index in [1.807, 2.05) is 30.3 Å². The number of alkyl halides is 1. The molecule has 0 atom stereocenters. The molecule has 1 aromatic carbocycles. The van der Waals surface area contributed by atoms with Crippen molar-refractivity contribution in [2.75, 3.05) is 13.0 Å². The number of rotatable bonds is 4. The number of ether oxygens (including phenoxy) is 1. The molecule has 1 nitrogen and oxygen atoms in total. The van der Waals surface area contributed by atoms with Gasteiger partial charge in [-0.05, 0) is 18.6 Å². The molecule has 15 heavy (non-hydrogen) atoms. The molecule has 0 N–H and O–H groups in total. The Morgan fingerprint density at radius 2 is 1.73 bits per heavy atom. The van der Waals surface area contributed by atoms with Gasteiger partial charge in [0.1, 0.15) is 5.75 Å². The Morgan fingerprint density at radius 1 is 1.13 bits per heavy atom. The lowest BCUT2D eigenvalue weighted by molar-refractivity contribution is 0.415. The molecule has 88 valence electrons. The Morgan fingerprint density at radius 3 is 2.00 bits per heavy atom. The number of halogens is 1. The molecule has 0 aliphatic carbocycles. The van der Waals surface area contributed by atoms with E-state index in [4.69, 9.17) is 16.3 Å². The molecule has 0 aromatic heterocycles. The first-order valence-corrected chi connectivity index (χ1v) is 5.53. The number of methoxy groups -OCH3 is 1. The maximum atomic E-state index is 5.38. The Hall–Kier alpha value is -0.340. The minimum atomic E-state index is 0. The molecule has 0 spiro atoms. The normalized spacial score (nSPS) is 8.20. The lowest BCUT2D eigenvalue weighted by Crippen LogP contribution is -1.78. The summed E-state index contributed by atoms with van der Waals surface area (Å²) < 4.78 is 4.91. The number of hydrogen-bond donors (Lipinski definition) is 0. The van der Waals surface area contributed by atoms with E-state index in [0.29, 0.717) is 0 Å². The second kappa shape index (κ2) is 13.7. The minimum Gasteiger partial charge on any atom is -0.497 e. The molecule has 1 aromatic rings. The van der Waals surface area contributed by atoms with Crippen molar-refractivity contribution in [1.82, 2.24) is 0 Å². The van der Waals surface area contributed by atoms with Gasteiger partial charge in [-0.25, -0.2) is 0 Å². The van der Waals surface area contributed by atoms with E-state index in [-0.39, 0.29) is 13.5 Å². The smallest absolute Gasteiger partial charge is 0.118 e. The third-order valence-electron chi connectivity index (χ3n) is 1.72. The van der Waals surface area contributed by atoms with Crippen LogP contribution in [0.25, 0.3) is 0 Å². The van der Waals surface area contributed by atoms with E-state index >= 15 is 0 Å². The van der Waals surface area contributed by atoms with Crippen LogP contribution in [0.4, 0.5) is 0 Å². The Labute approximate surface area is 105 Å². The van der Waals surface area contributed by atoms with Crippen molar-refractivity contribution in [3.8, 4) is 5.75 Å². The number of para-hydroxylation sites is 1. The van der Waals surface area contributed by atoms with Gasteiger partial charge in [0.25, 0.3) is 0 Å². The number of benzene rings is 1. The highest BCUT2D eigenvalue weighted by atomic mass is 35.5. The highest BCUT2D eigenvalue weighted by molar-refractivity contribution is 7.59. The van der Waals surface area contributed by atoms with Crippen LogP contribution in [0.1, 0.15) is 26.2 Å². The molecule has 0 unspecified atom stereocenters. The average molecular weight is 249 g/mol. The number of unbranched alkanes of at least 4 members (excludes halogenated alkanes) is 2. The van der Waals surface area contributed by atoms with Crippen molar-refractivity contribution in [3.05, 3.63) is 30.3 Å². The van der Waals surface area contributed by atoms with Crippen LogP contribution in [0.15, 0.2) is 30.3 Å². The summed E-state index contributed by atoms with van der Waals surface area (Å²) in [5.41, 5.74) is 0. The summed E-state index contributed by atoms with van der Waals surface area (Å²) >= 11 is 5.38. The molecular formula is C12H21ClOS. The quantitative estimate of drug-likeness (QED) is 0.573. The predicted molar refractivity (Wildman–Crippen MR) is 73.6 cm³/mol. The van der Waals surface area contributed by atoms with Gasteiger partial charge in [0, 0.05) is 5.88 Å². The van der Waals surface area contributed by atoms with Gasteiger partial charge in [0.05, 0.1) is 7.11 Å². The molecule has 0 heterocycles. The van der Waals surface area contributed by atoms with Crippen molar-refractivity contribution < 1.29 is 4.74 Å². The third kappa shape index (κ3) is 11.6. The molecule has 0 radical (unpaired) electrons. The molecule has 0 bridgehead atoms. The van der Waals surface area contributed by atoms with Crippen LogP contribution in [-0.4, -0.2) is 13.0 Å². The van der Waals surface area contributed by atoms with Crippen molar-refractivity contribution in [2.24, 2.45) is 0 Å². The molecule has 0 aliphatic rings. The predicted octanol–water partition coefficient (Wildman–Crippen LogP) is 4.22. The van der Waals surface area contributed by atoms with Crippen LogP contribution < -0.4 is 4.74 Å². The summed E-state index contributed by atoms with van der Waals surface area (Å²) in [6.07, 6.45) is 3.73. The van der Waals surface area contributed by atoms with Crippen LogP contribution in [-0.2, 0) is 0 Å². The highest BCUT2D eigenvalue weighted by Gasteiger charge is 1.80. The molecule has 0 aliphatic heterocycles. The van der Waals surface area contributed by atoms with Crippen LogP contribution >= 0.6 is 25.1 Å². The Bertz CT molecular complexity index is 200. The Kier molecular flexibility index (Phi) is 15.5. The fourth-order valence-electron chi connectivity index (χ4n) is 0.901. The zero-order valence-corrected chi connectivity index (χ0v) is 11.3. The highest BCUT2D eigenvalue weighted by Crippen LogP contribution is 2.05. The molecule has 3 heteroatoms. The molecule has 0 saturated heterocycles. The topological polar surface area (TPSA) is 9.23 Å². The molecule has 0 amide bonds. The first-order chi connectivity index (χ1) is 6.85. The maximum absolute atomic E-state index is 5.38. The minimum absolute atomic E-state index is 0. The molecular weight excluding hydrogens is 228 g/mol. The van der Waals surface area contributed by atoms with Gasteiger partial charge < -0.3 is 4.74 Å². The lowest BCUT2D eigenvalue weighted by atomic mass is 10.3. The van der Waals surface area contributed by atoms with Gasteiger partial charge in [-0.3, -0.25) is 0 Å². The summed E-state index contributed by atoms with van der Waals surface area (Å²) in [4.78, 5) is 0. The van der Waals surface area contributed by atoms with Gasteiger partial charge in [-0.15, -0.1) is 11.6 Å². The van der Waals surface area contributed by atoms with Crippen LogP contribution in [0.5, 0.6) is 5.75 Å². The summed E-state index contributed by atoms with van der Waals surface area (Å²) in [7, 11) is 1.66. The first-order valence-electron chi connectivity index (χ1n) is 5.00. The summed E-state index contributed by atoms with van der Waals surface area (Å²) in [6, 6.07) is 9.68. The monoisotopic (exact) mass is 248 g/mol. The molecule has 0 saturated carbocycles. The summed E-state index contributed by atoms with van der Waals surface area (Å²) in [6.45, 7) is 2.17. The van der Waals surface area contributed by atoms with Crippen molar-refractivity contribution >= 4 is 25.1 Å². The van der Waals surface area contributed by atoms with Crippen molar-refractivity contribution in [3.63, 3.8) is 0 Å². The number of hydrogen-bond acceptors (Lipinski definition) is 1. The summed E-state index contributed by atoms with van der Waals surface area (Å²) in [5, 5.41) is 0. The standard InChI is InChI=1S/C7H8O.C5H11Cl.H2S/c1-8-7-5-3-2-4-6-7;1-2-3-4-5-6;/h2-6H,1H3;2-5H2,1H3;1H2. The van der Waals surface area contributed by atoms with E-state index < -0.39 is 0 Å². The molecule has 0 fully saturated rings. The van der Waals surface area contributed by atoms with Gasteiger partial charge in [0.15, 0.2) is 0 Å². The Balaban J connectivity index is 0. The van der Waals surface area contributed by atoms with Gasteiger partial charge in [-0.2, -0.15) is 13.5 Å². The van der Waals surface area contributed by atoms with Gasteiger partial charge >= 0.3 is 0 Å². The van der Waals surface area contributed by atoms with E-state index in [9.17, 15) is 0 Å². The largest absolute Gasteiger partial charge is 0.497 e. The van der Waals surface area contributed by atoms with Crippen LogP contribution in [0.3, 0.4) is 0 Å². The first kappa shape index (κ1) is 17.1.